The molecule has 0 aromatic carbocycles. The maximum absolute atomic E-state index is 8.55. The molecule has 1 aromatic rings. The van der Waals surface area contributed by atoms with Crippen LogP contribution in [0.25, 0.3) is 0 Å². The molecule has 0 aliphatic heterocycles. The van der Waals surface area contributed by atoms with E-state index in [2.05, 4.69) is 4.98 Å². The summed E-state index contributed by atoms with van der Waals surface area (Å²) in [6, 6.07) is 5.46. The summed E-state index contributed by atoms with van der Waals surface area (Å²) in [6.45, 7) is 0. The van der Waals surface area contributed by atoms with E-state index in [1.807, 2.05) is 18.4 Å². The van der Waals surface area contributed by atoms with Crippen molar-refractivity contribution in [1.29, 1.82) is 5.26 Å². The van der Waals surface area contributed by atoms with Gasteiger partial charge in [0, 0.05) is 0 Å². The molecule has 0 atom stereocenters. The minimum atomic E-state index is 0.379. The Kier molecular flexibility index (Phi) is 2.94. The van der Waals surface area contributed by atoms with Gasteiger partial charge in [0.05, 0.1) is 12.0 Å². The topological polar surface area (TPSA) is 45.9 Å². The van der Waals surface area contributed by atoms with Crippen LogP contribution >= 0.6 is 11.8 Å². The van der Waals surface area contributed by atoms with Crippen LogP contribution in [0.4, 0.5) is 0 Å². The number of nitriles is 1. The number of aromatic nitrogens is 1. The first-order valence-corrected chi connectivity index (χ1v) is 4.53. The Labute approximate surface area is 75.4 Å². The Morgan fingerprint density at radius 1 is 1.58 bits per heavy atom. The van der Waals surface area contributed by atoms with Crippen molar-refractivity contribution in [2.45, 2.75) is 4.90 Å². The molecule has 0 N–H and O–H groups in total. The highest BCUT2D eigenvalue weighted by atomic mass is 32.2. The van der Waals surface area contributed by atoms with Crippen molar-refractivity contribution in [2.75, 3.05) is 13.4 Å². The lowest BCUT2D eigenvalue weighted by Crippen LogP contribution is -1.92. The Hall–Kier alpha value is -1.21. The second-order valence-corrected chi connectivity index (χ2v) is 2.87. The van der Waals surface area contributed by atoms with Crippen molar-refractivity contribution >= 4 is 11.8 Å². The predicted octanol–water partition coefficient (Wildman–Crippen LogP) is 1.68. The fraction of sp³-hybridized carbons (Fsp3) is 0.250. The third-order valence-corrected chi connectivity index (χ3v) is 2.10. The van der Waals surface area contributed by atoms with E-state index in [0.29, 0.717) is 11.6 Å². The van der Waals surface area contributed by atoms with Gasteiger partial charge in [-0.3, -0.25) is 0 Å². The quantitative estimate of drug-likeness (QED) is 0.650. The number of rotatable bonds is 2. The van der Waals surface area contributed by atoms with E-state index in [0.717, 1.165) is 4.90 Å². The monoisotopic (exact) mass is 180 g/mol. The summed E-state index contributed by atoms with van der Waals surface area (Å²) in [4.78, 5) is 4.92. The van der Waals surface area contributed by atoms with Gasteiger partial charge < -0.3 is 4.74 Å². The lowest BCUT2D eigenvalue weighted by Gasteiger charge is -2.03. The fourth-order valence-electron chi connectivity index (χ4n) is 0.792. The summed E-state index contributed by atoms with van der Waals surface area (Å²) < 4.78 is 5.00. The average Bonchev–Trinajstić information content (AvgIpc) is 2.16. The molecule has 3 nitrogen and oxygen atoms in total. The molecule has 1 aromatic heterocycles. The van der Waals surface area contributed by atoms with E-state index >= 15 is 0 Å². The molecule has 4 heteroatoms. The second-order valence-electron chi connectivity index (χ2n) is 2.02. The molecule has 0 saturated heterocycles. The highest BCUT2D eigenvalue weighted by Gasteiger charge is 2.03. The first kappa shape index (κ1) is 8.88. The minimum Gasteiger partial charge on any atom is -0.480 e. The minimum absolute atomic E-state index is 0.379. The molecule has 0 unspecified atom stereocenters. The molecule has 0 aliphatic rings. The molecule has 62 valence electrons. The fourth-order valence-corrected chi connectivity index (χ4v) is 1.30. The summed E-state index contributed by atoms with van der Waals surface area (Å²) >= 11 is 1.54. The van der Waals surface area contributed by atoms with E-state index in [1.54, 1.807) is 24.9 Å². The average molecular weight is 180 g/mol. The van der Waals surface area contributed by atoms with Crippen LogP contribution in [0.3, 0.4) is 0 Å². The summed E-state index contributed by atoms with van der Waals surface area (Å²) in [5, 5.41) is 8.55. The molecule has 0 aliphatic carbocycles. The maximum Gasteiger partial charge on any atom is 0.228 e. The van der Waals surface area contributed by atoms with Crippen molar-refractivity contribution in [3.05, 3.63) is 17.8 Å². The summed E-state index contributed by atoms with van der Waals surface area (Å²) in [5.74, 6) is 0.515. The van der Waals surface area contributed by atoms with Gasteiger partial charge in [-0.15, -0.1) is 11.8 Å². The van der Waals surface area contributed by atoms with Gasteiger partial charge in [-0.2, -0.15) is 5.26 Å². The molecule has 0 bridgehead atoms. The Morgan fingerprint density at radius 2 is 2.33 bits per heavy atom. The molecule has 0 amide bonds. The predicted molar refractivity (Wildman–Crippen MR) is 47.3 cm³/mol. The molecule has 0 spiro atoms. The summed E-state index contributed by atoms with van der Waals surface area (Å²) in [7, 11) is 1.54. The van der Waals surface area contributed by atoms with E-state index in [-0.39, 0.29) is 0 Å². The molecule has 1 rings (SSSR count). The lowest BCUT2D eigenvalue weighted by molar-refractivity contribution is 0.387. The zero-order valence-electron chi connectivity index (χ0n) is 6.87. The van der Waals surface area contributed by atoms with E-state index in [4.69, 9.17) is 10.00 Å². The second kappa shape index (κ2) is 3.98. The normalized spacial score (nSPS) is 9.08. The molecule has 0 radical (unpaired) electrons. The van der Waals surface area contributed by atoms with Crippen LogP contribution in [0.15, 0.2) is 17.0 Å². The first-order chi connectivity index (χ1) is 5.81. The SMILES string of the molecule is COc1nc(C#N)ccc1SC. The number of nitrogens with zero attached hydrogens (tertiary/aromatic N) is 2. The van der Waals surface area contributed by atoms with Gasteiger partial charge in [0.25, 0.3) is 0 Å². The lowest BCUT2D eigenvalue weighted by atomic mass is 10.4. The summed E-state index contributed by atoms with van der Waals surface area (Å²) in [6.07, 6.45) is 1.94. The Balaban J connectivity index is 3.13. The zero-order chi connectivity index (χ0) is 8.97. The number of ether oxygens (including phenoxy) is 1. The van der Waals surface area contributed by atoms with Crippen molar-refractivity contribution in [1.82, 2.24) is 4.98 Å². The van der Waals surface area contributed by atoms with Crippen LogP contribution in [0.5, 0.6) is 5.88 Å². The van der Waals surface area contributed by atoms with Crippen LogP contribution in [-0.4, -0.2) is 18.3 Å². The van der Waals surface area contributed by atoms with Crippen molar-refractivity contribution in [3.8, 4) is 11.9 Å². The molecule has 1 heterocycles. The standard InChI is InChI=1S/C8H8N2OS/c1-11-8-7(12-2)4-3-6(5-9)10-8/h3-4H,1-2H3. The Bertz CT molecular complexity index is 319. The first-order valence-electron chi connectivity index (χ1n) is 3.31. The van der Waals surface area contributed by atoms with Crippen LogP contribution in [0, 0.1) is 11.3 Å². The van der Waals surface area contributed by atoms with E-state index in [9.17, 15) is 0 Å². The van der Waals surface area contributed by atoms with Crippen LogP contribution < -0.4 is 4.74 Å². The molecular formula is C8H8N2OS. The number of hydrogen-bond acceptors (Lipinski definition) is 4. The third-order valence-electron chi connectivity index (χ3n) is 1.35. The largest absolute Gasteiger partial charge is 0.480 e. The zero-order valence-corrected chi connectivity index (χ0v) is 7.68. The van der Waals surface area contributed by atoms with Crippen LogP contribution in [0.2, 0.25) is 0 Å². The van der Waals surface area contributed by atoms with Gasteiger partial charge in [-0.05, 0) is 18.4 Å². The van der Waals surface area contributed by atoms with Crippen LogP contribution in [-0.2, 0) is 0 Å². The van der Waals surface area contributed by atoms with E-state index in [1.165, 1.54) is 0 Å². The van der Waals surface area contributed by atoms with Gasteiger partial charge in [-0.25, -0.2) is 4.98 Å². The summed E-state index contributed by atoms with van der Waals surface area (Å²) in [5.41, 5.74) is 0.379. The Morgan fingerprint density at radius 3 is 2.83 bits per heavy atom. The van der Waals surface area contributed by atoms with Gasteiger partial charge in [0.1, 0.15) is 11.8 Å². The van der Waals surface area contributed by atoms with Gasteiger partial charge >= 0.3 is 0 Å². The maximum atomic E-state index is 8.55. The van der Waals surface area contributed by atoms with Crippen LogP contribution in [0.1, 0.15) is 5.69 Å². The number of thioether (sulfide) groups is 1. The number of pyridine rings is 1. The van der Waals surface area contributed by atoms with Crippen molar-refractivity contribution in [2.24, 2.45) is 0 Å². The van der Waals surface area contributed by atoms with Gasteiger partial charge in [0.15, 0.2) is 0 Å². The molecular weight excluding hydrogens is 172 g/mol. The van der Waals surface area contributed by atoms with E-state index < -0.39 is 0 Å². The highest BCUT2D eigenvalue weighted by molar-refractivity contribution is 7.98. The van der Waals surface area contributed by atoms with Crippen molar-refractivity contribution < 1.29 is 4.74 Å². The highest BCUT2D eigenvalue weighted by Crippen LogP contribution is 2.24. The van der Waals surface area contributed by atoms with Crippen molar-refractivity contribution in [3.63, 3.8) is 0 Å². The van der Waals surface area contributed by atoms with Gasteiger partial charge in [0.2, 0.25) is 5.88 Å². The number of hydrogen-bond donors (Lipinski definition) is 0. The molecule has 0 fully saturated rings. The number of methoxy groups -OCH3 is 1. The molecule has 0 saturated carbocycles. The smallest absolute Gasteiger partial charge is 0.228 e. The third kappa shape index (κ3) is 1.69. The van der Waals surface area contributed by atoms with Gasteiger partial charge in [-0.1, -0.05) is 0 Å². The molecule has 12 heavy (non-hydrogen) atoms.